The van der Waals surface area contributed by atoms with E-state index >= 15 is 0 Å². The first-order valence-electron chi connectivity index (χ1n) is 10.7. The zero-order chi connectivity index (χ0) is 20.6. The lowest BCUT2D eigenvalue weighted by Gasteiger charge is -2.20. The van der Waals surface area contributed by atoms with Crippen molar-refractivity contribution in [1.29, 1.82) is 0 Å². The van der Waals surface area contributed by atoms with Crippen LogP contribution < -0.4 is 0 Å². The Morgan fingerprint density at radius 1 is 0.333 bits per heavy atom. The van der Waals surface area contributed by atoms with Crippen molar-refractivity contribution < 1.29 is 0 Å². The van der Waals surface area contributed by atoms with Crippen LogP contribution in [0.2, 0.25) is 0 Å². The Hall–Kier alpha value is -3.38. The number of benzene rings is 6. The highest BCUT2D eigenvalue weighted by atomic mass is 14.2. The van der Waals surface area contributed by atoms with E-state index in [9.17, 15) is 0 Å². The molecule has 0 saturated carbocycles. The molecular weight excluding hydrogens is 360 g/mol. The fraction of sp³-hybridized carbons (Fsp3) is 0.133. The maximum Gasteiger partial charge on any atom is -0.00138 e. The van der Waals surface area contributed by atoms with E-state index in [2.05, 4.69) is 100 Å². The summed E-state index contributed by atoms with van der Waals surface area (Å²) in [6, 6.07) is 27.1. The SMILES string of the molecule is Cc1ccc2c(c1C)c1c(C)c(C)ccc1c1c3ccccc3c3ccccc3c21. The lowest BCUT2D eigenvalue weighted by molar-refractivity contribution is 1.37. The zero-order valence-electron chi connectivity index (χ0n) is 17.9. The van der Waals surface area contributed by atoms with Gasteiger partial charge in [0, 0.05) is 0 Å². The van der Waals surface area contributed by atoms with Crippen LogP contribution in [0.15, 0.2) is 72.8 Å². The van der Waals surface area contributed by atoms with E-state index in [0.717, 1.165) is 0 Å². The molecule has 0 aliphatic rings. The molecule has 6 rings (SSSR count). The van der Waals surface area contributed by atoms with E-state index < -0.39 is 0 Å². The smallest absolute Gasteiger partial charge is 0.00138 e. The summed E-state index contributed by atoms with van der Waals surface area (Å²) in [5.41, 5.74) is 5.50. The predicted octanol–water partition coefficient (Wildman–Crippen LogP) is 8.69. The Labute approximate surface area is 176 Å². The minimum absolute atomic E-state index is 1.34. The molecule has 0 aliphatic heterocycles. The fourth-order valence-electron chi connectivity index (χ4n) is 5.39. The maximum atomic E-state index is 2.35. The molecule has 0 aromatic heterocycles. The fourth-order valence-corrected chi connectivity index (χ4v) is 5.39. The molecule has 0 radical (unpaired) electrons. The molecule has 0 amide bonds. The normalized spacial score (nSPS) is 12.0. The van der Waals surface area contributed by atoms with E-state index in [1.807, 2.05) is 0 Å². The van der Waals surface area contributed by atoms with Gasteiger partial charge in [0.15, 0.2) is 0 Å². The van der Waals surface area contributed by atoms with E-state index in [0.29, 0.717) is 0 Å². The van der Waals surface area contributed by atoms with E-state index in [1.165, 1.54) is 76.1 Å². The average Bonchev–Trinajstić information content (AvgIpc) is 2.78. The molecule has 0 N–H and O–H groups in total. The van der Waals surface area contributed by atoms with Crippen molar-refractivity contribution in [3.8, 4) is 0 Å². The third-order valence-corrected chi connectivity index (χ3v) is 7.19. The zero-order valence-corrected chi connectivity index (χ0v) is 17.9. The Kier molecular flexibility index (Phi) is 3.53. The molecule has 144 valence electrons. The summed E-state index contributed by atoms with van der Waals surface area (Å²) in [6.45, 7) is 9.03. The van der Waals surface area contributed by atoms with Crippen LogP contribution in [0.4, 0.5) is 0 Å². The molecule has 0 unspecified atom stereocenters. The van der Waals surface area contributed by atoms with Gasteiger partial charge in [-0.05, 0) is 104 Å². The second kappa shape index (κ2) is 6.06. The largest absolute Gasteiger partial charge is 0.0616 e. The van der Waals surface area contributed by atoms with Crippen LogP contribution in [0, 0.1) is 27.7 Å². The highest BCUT2D eigenvalue weighted by Gasteiger charge is 2.18. The summed E-state index contributed by atoms with van der Waals surface area (Å²) < 4.78 is 0. The van der Waals surface area contributed by atoms with Crippen LogP contribution >= 0.6 is 0 Å². The first kappa shape index (κ1) is 17.5. The van der Waals surface area contributed by atoms with Crippen LogP contribution in [0.1, 0.15) is 22.3 Å². The Balaban J connectivity index is 2.14. The molecule has 0 heteroatoms. The summed E-state index contributed by atoms with van der Waals surface area (Å²) in [6.07, 6.45) is 0. The van der Waals surface area contributed by atoms with Crippen molar-refractivity contribution in [3.05, 3.63) is 95.1 Å². The molecule has 0 bridgehead atoms. The quantitative estimate of drug-likeness (QED) is 0.230. The van der Waals surface area contributed by atoms with Crippen molar-refractivity contribution in [3.63, 3.8) is 0 Å². The third-order valence-electron chi connectivity index (χ3n) is 7.19. The first-order chi connectivity index (χ1) is 14.6. The third kappa shape index (κ3) is 2.11. The molecule has 0 aliphatic carbocycles. The molecule has 30 heavy (non-hydrogen) atoms. The van der Waals surface area contributed by atoms with Gasteiger partial charge in [0.2, 0.25) is 0 Å². The van der Waals surface area contributed by atoms with Gasteiger partial charge in [0.05, 0.1) is 0 Å². The lowest BCUT2D eigenvalue weighted by Crippen LogP contribution is -1.94. The van der Waals surface area contributed by atoms with Crippen molar-refractivity contribution >= 4 is 53.9 Å². The number of aryl methyl sites for hydroxylation is 4. The summed E-state index contributed by atoms with van der Waals surface area (Å²) in [7, 11) is 0. The number of hydrogen-bond acceptors (Lipinski definition) is 0. The molecule has 0 heterocycles. The Morgan fingerprint density at radius 3 is 1.10 bits per heavy atom. The monoisotopic (exact) mass is 384 g/mol. The predicted molar refractivity (Wildman–Crippen MR) is 133 cm³/mol. The van der Waals surface area contributed by atoms with E-state index in [-0.39, 0.29) is 0 Å². The second-order valence-corrected chi connectivity index (χ2v) is 8.70. The summed E-state index contributed by atoms with van der Waals surface area (Å²) in [5, 5.41) is 13.7. The number of hydrogen-bond donors (Lipinski definition) is 0. The van der Waals surface area contributed by atoms with Crippen LogP contribution in [-0.2, 0) is 0 Å². The van der Waals surface area contributed by atoms with Crippen molar-refractivity contribution in [2.24, 2.45) is 0 Å². The van der Waals surface area contributed by atoms with Crippen molar-refractivity contribution in [1.82, 2.24) is 0 Å². The van der Waals surface area contributed by atoms with Crippen LogP contribution in [0.5, 0.6) is 0 Å². The summed E-state index contributed by atoms with van der Waals surface area (Å²) >= 11 is 0. The molecule has 6 aromatic rings. The average molecular weight is 385 g/mol. The van der Waals surface area contributed by atoms with Gasteiger partial charge in [-0.15, -0.1) is 0 Å². The van der Waals surface area contributed by atoms with Gasteiger partial charge in [-0.2, -0.15) is 0 Å². The standard InChI is InChI=1S/C30H24/c1-17-13-15-25-27(19(17)3)28-20(4)18(2)14-16-26(28)30-24-12-8-6-10-22(24)21-9-5-7-11-23(21)29(25)30/h5-16H,1-4H3. The maximum absolute atomic E-state index is 2.35. The Morgan fingerprint density at radius 2 is 0.700 bits per heavy atom. The van der Waals surface area contributed by atoms with Crippen LogP contribution in [-0.4, -0.2) is 0 Å². The minimum Gasteiger partial charge on any atom is -0.0616 e. The molecule has 0 fully saturated rings. The highest BCUT2D eigenvalue weighted by Crippen LogP contribution is 2.45. The molecule has 6 aromatic carbocycles. The van der Waals surface area contributed by atoms with Gasteiger partial charge >= 0.3 is 0 Å². The van der Waals surface area contributed by atoms with Crippen molar-refractivity contribution in [2.75, 3.05) is 0 Å². The van der Waals surface area contributed by atoms with Gasteiger partial charge < -0.3 is 0 Å². The van der Waals surface area contributed by atoms with E-state index in [4.69, 9.17) is 0 Å². The molecule has 0 spiro atoms. The van der Waals surface area contributed by atoms with Gasteiger partial charge in [0.25, 0.3) is 0 Å². The van der Waals surface area contributed by atoms with Gasteiger partial charge in [-0.1, -0.05) is 72.8 Å². The molecule has 0 atom stereocenters. The van der Waals surface area contributed by atoms with Gasteiger partial charge in [-0.25, -0.2) is 0 Å². The lowest BCUT2D eigenvalue weighted by atomic mass is 9.83. The number of rotatable bonds is 0. The molecule has 0 nitrogen and oxygen atoms in total. The van der Waals surface area contributed by atoms with Crippen molar-refractivity contribution in [2.45, 2.75) is 27.7 Å². The van der Waals surface area contributed by atoms with Gasteiger partial charge in [-0.3, -0.25) is 0 Å². The minimum atomic E-state index is 1.34. The Bertz CT molecular complexity index is 1540. The summed E-state index contributed by atoms with van der Waals surface area (Å²) in [5.74, 6) is 0. The van der Waals surface area contributed by atoms with Crippen LogP contribution in [0.25, 0.3) is 53.9 Å². The topological polar surface area (TPSA) is 0 Å². The van der Waals surface area contributed by atoms with E-state index in [1.54, 1.807) is 0 Å². The second-order valence-electron chi connectivity index (χ2n) is 8.70. The molecular formula is C30H24. The first-order valence-corrected chi connectivity index (χ1v) is 10.7. The summed E-state index contributed by atoms with van der Waals surface area (Å²) in [4.78, 5) is 0. The number of fused-ring (bicyclic) bond motifs is 11. The van der Waals surface area contributed by atoms with Gasteiger partial charge in [0.1, 0.15) is 0 Å². The highest BCUT2D eigenvalue weighted by molar-refractivity contribution is 6.40. The van der Waals surface area contributed by atoms with Crippen LogP contribution in [0.3, 0.4) is 0 Å². The molecule has 0 saturated heterocycles.